The van der Waals surface area contributed by atoms with Gasteiger partial charge in [0, 0.05) is 17.0 Å². The van der Waals surface area contributed by atoms with Crippen molar-refractivity contribution in [1.29, 1.82) is 0 Å². The Kier molecular flexibility index (Phi) is 5.10. The van der Waals surface area contributed by atoms with Crippen LogP contribution in [-0.4, -0.2) is 11.0 Å². The maximum Gasteiger partial charge on any atom is 0.446 e. The molecular formula is C13H18F3NS. The zero-order chi connectivity index (χ0) is 13.8. The van der Waals surface area contributed by atoms with E-state index in [-0.39, 0.29) is 22.2 Å². The summed E-state index contributed by atoms with van der Waals surface area (Å²) in [5.74, 6) is 0. The summed E-state index contributed by atoms with van der Waals surface area (Å²) >= 11 is -0.0828. The molecule has 0 saturated heterocycles. The highest BCUT2D eigenvalue weighted by atomic mass is 32.2. The Balaban J connectivity index is 2.56. The fourth-order valence-electron chi connectivity index (χ4n) is 1.28. The lowest BCUT2D eigenvalue weighted by atomic mass is 10.0. The Morgan fingerprint density at radius 2 is 1.67 bits per heavy atom. The average molecular weight is 277 g/mol. The second-order valence-corrected chi connectivity index (χ2v) is 5.92. The van der Waals surface area contributed by atoms with E-state index in [0.29, 0.717) is 6.54 Å². The molecule has 0 amide bonds. The van der Waals surface area contributed by atoms with Crippen molar-refractivity contribution in [2.24, 2.45) is 0 Å². The van der Waals surface area contributed by atoms with Gasteiger partial charge in [-0.05, 0) is 49.7 Å². The maximum absolute atomic E-state index is 12.1. The van der Waals surface area contributed by atoms with Gasteiger partial charge in [-0.1, -0.05) is 19.1 Å². The van der Waals surface area contributed by atoms with Crippen molar-refractivity contribution in [3.63, 3.8) is 0 Å². The molecule has 5 heteroatoms. The van der Waals surface area contributed by atoms with E-state index >= 15 is 0 Å². The number of rotatable bonds is 5. The molecule has 0 bridgehead atoms. The minimum atomic E-state index is -4.22. The molecule has 1 aromatic carbocycles. The third-order valence-electron chi connectivity index (χ3n) is 2.81. The zero-order valence-electron chi connectivity index (χ0n) is 10.8. The first-order chi connectivity index (χ1) is 8.22. The van der Waals surface area contributed by atoms with Crippen LogP contribution >= 0.6 is 11.8 Å². The van der Waals surface area contributed by atoms with Gasteiger partial charge in [0.15, 0.2) is 0 Å². The Labute approximate surface area is 110 Å². The fourth-order valence-corrected chi connectivity index (χ4v) is 1.81. The summed E-state index contributed by atoms with van der Waals surface area (Å²) in [6, 6.07) is 6.47. The lowest BCUT2D eigenvalue weighted by molar-refractivity contribution is -0.0328. The normalized spacial score (nSPS) is 12.8. The molecule has 1 nitrogen and oxygen atoms in total. The van der Waals surface area contributed by atoms with Crippen LogP contribution in [0.15, 0.2) is 29.2 Å². The smallest absolute Gasteiger partial charge is 0.308 e. The molecule has 102 valence electrons. The van der Waals surface area contributed by atoms with E-state index in [4.69, 9.17) is 0 Å². The molecule has 0 aliphatic rings. The predicted molar refractivity (Wildman–Crippen MR) is 69.6 cm³/mol. The van der Waals surface area contributed by atoms with Crippen LogP contribution in [0.4, 0.5) is 13.2 Å². The number of alkyl halides is 3. The summed E-state index contributed by atoms with van der Waals surface area (Å²) in [6.45, 7) is 6.95. The monoisotopic (exact) mass is 277 g/mol. The molecule has 1 aromatic rings. The van der Waals surface area contributed by atoms with Crippen molar-refractivity contribution in [1.82, 2.24) is 5.32 Å². The highest BCUT2D eigenvalue weighted by molar-refractivity contribution is 8.00. The van der Waals surface area contributed by atoms with Gasteiger partial charge in [-0.25, -0.2) is 0 Å². The topological polar surface area (TPSA) is 12.0 Å². The molecule has 0 spiro atoms. The summed E-state index contributed by atoms with van der Waals surface area (Å²) in [5.41, 5.74) is -3.19. The number of hydrogen-bond acceptors (Lipinski definition) is 2. The van der Waals surface area contributed by atoms with Gasteiger partial charge in [0.05, 0.1) is 0 Å². The Hall–Kier alpha value is -0.680. The molecule has 1 N–H and O–H groups in total. The first-order valence-electron chi connectivity index (χ1n) is 5.81. The molecule has 0 aliphatic carbocycles. The molecular weight excluding hydrogens is 259 g/mol. The largest absolute Gasteiger partial charge is 0.446 e. The van der Waals surface area contributed by atoms with Crippen LogP contribution in [0.2, 0.25) is 0 Å². The van der Waals surface area contributed by atoms with Crippen LogP contribution in [0.3, 0.4) is 0 Å². The molecule has 0 atom stereocenters. The highest BCUT2D eigenvalue weighted by Crippen LogP contribution is 2.36. The van der Waals surface area contributed by atoms with Gasteiger partial charge in [0.25, 0.3) is 0 Å². The second-order valence-electron chi connectivity index (χ2n) is 4.78. The summed E-state index contributed by atoms with van der Waals surface area (Å²) in [7, 11) is 0. The molecule has 0 aromatic heterocycles. The van der Waals surface area contributed by atoms with E-state index in [2.05, 4.69) is 26.1 Å². The first kappa shape index (κ1) is 15.4. The van der Waals surface area contributed by atoms with Gasteiger partial charge < -0.3 is 5.32 Å². The van der Waals surface area contributed by atoms with Gasteiger partial charge in [-0.2, -0.15) is 13.2 Å². The number of nitrogens with one attached hydrogen (secondary N) is 1. The zero-order valence-corrected chi connectivity index (χ0v) is 11.6. The van der Waals surface area contributed by atoms with E-state index in [1.54, 1.807) is 12.1 Å². The van der Waals surface area contributed by atoms with Crippen LogP contribution in [0.1, 0.15) is 32.8 Å². The van der Waals surface area contributed by atoms with Crippen LogP contribution < -0.4 is 5.32 Å². The second kappa shape index (κ2) is 5.97. The maximum atomic E-state index is 12.1. The van der Waals surface area contributed by atoms with Gasteiger partial charge >= 0.3 is 5.51 Å². The Bertz CT molecular complexity index is 371. The summed E-state index contributed by atoms with van der Waals surface area (Å²) < 4.78 is 36.4. The number of benzene rings is 1. The standard InChI is InChI=1S/C13H18F3NS/c1-4-12(2,3)17-9-10-5-7-11(8-6-10)18-13(14,15)16/h5-8,17H,4,9H2,1-3H3. The van der Waals surface area contributed by atoms with Gasteiger partial charge in [0.2, 0.25) is 0 Å². The quantitative estimate of drug-likeness (QED) is 0.791. The van der Waals surface area contributed by atoms with Crippen molar-refractivity contribution < 1.29 is 13.2 Å². The van der Waals surface area contributed by atoms with Crippen molar-refractivity contribution in [2.75, 3.05) is 0 Å². The summed E-state index contributed by atoms with van der Waals surface area (Å²) in [4.78, 5) is 0.223. The van der Waals surface area contributed by atoms with Crippen LogP contribution in [-0.2, 0) is 6.54 Å². The van der Waals surface area contributed by atoms with Crippen molar-refractivity contribution in [3.8, 4) is 0 Å². The van der Waals surface area contributed by atoms with Crippen molar-refractivity contribution in [2.45, 2.75) is 49.7 Å². The average Bonchev–Trinajstić information content (AvgIpc) is 2.26. The first-order valence-corrected chi connectivity index (χ1v) is 6.63. The third kappa shape index (κ3) is 5.78. The van der Waals surface area contributed by atoms with E-state index in [1.807, 2.05) is 0 Å². The molecule has 0 fully saturated rings. The predicted octanol–water partition coefficient (Wildman–Crippen LogP) is 4.58. The number of hydrogen-bond donors (Lipinski definition) is 1. The van der Waals surface area contributed by atoms with E-state index in [9.17, 15) is 13.2 Å². The Morgan fingerprint density at radius 1 is 1.11 bits per heavy atom. The van der Waals surface area contributed by atoms with Crippen LogP contribution in [0.5, 0.6) is 0 Å². The van der Waals surface area contributed by atoms with Crippen LogP contribution in [0.25, 0.3) is 0 Å². The minimum Gasteiger partial charge on any atom is -0.308 e. The van der Waals surface area contributed by atoms with E-state index in [1.165, 1.54) is 12.1 Å². The minimum absolute atomic E-state index is 0.0411. The Morgan fingerprint density at radius 3 is 2.11 bits per heavy atom. The molecule has 1 rings (SSSR count). The number of thioether (sulfide) groups is 1. The SMILES string of the molecule is CCC(C)(C)NCc1ccc(SC(F)(F)F)cc1. The third-order valence-corrected chi connectivity index (χ3v) is 3.55. The number of halogens is 3. The molecule has 0 unspecified atom stereocenters. The fraction of sp³-hybridized carbons (Fsp3) is 0.538. The van der Waals surface area contributed by atoms with Gasteiger partial charge in [-0.3, -0.25) is 0 Å². The van der Waals surface area contributed by atoms with Crippen molar-refractivity contribution in [3.05, 3.63) is 29.8 Å². The molecule has 0 radical (unpaired) electrons. The molecule has 0 aliphatic heterocycles. The van der Waals surface area contributed by atoms with Crippen LogP contribution in [0, 0.1) is 0 Å². The lowest BCUT2D eigenvalue weighted by Crippen LogP contribution is -2.37. The van der Waals surface area contributed by atoms with E-state index in [0.717, 1.165) is 12.0 Å². The van der Waals surface area contributed by atoms with E-state index < -0.39 is 5.51 Å². The summed E-state index contributed by atoms with van der Waals surface area (Å²) in [6.07, 6.45) is 0.995. The molecule has 0 heterocycles. The highest BCUT2D eigenvalue weighted by Gasteiger charge is 2.28. The summed E-state index contributed by atoms with van der Waals surface area (Å²) in [5, 5.41) is 3.36. The van der Waals surface area contributed by atoms with Gasteiger partial charge in [-0.15, -0.1) is 0 Å². The molecule has 0 saturated carbocycles. The molecule has 18 heavy (non-hydrogen) atoms. The van der Waals surface area contributed by atoms with Crippen molar-refractivity contribution >= 4 is 11.8 Å². The van der Waals surface area contributed by atoms with Gasteiger partial charge in [0.1, 0.15) is 0 Å². The lowest BCUT2D eigenvalue weighted by Gasteiger charge is -2.24.